The molecular weight excluding hydrogens is 234 g/mol. The minimum atomic E-state index is 0.0345. The highest BCUT2D eigenvalue weighted by atomic mass is 16.1. The van der Waals surface area contributed by atoms with E-state index in [1.165, 1.54) is 5.56 Å². The van der Waals surface area contributed by atoms with E-state index in [2.05, 4.69) is 13.0 Å². The molecule has 0 amide bonds. The van der Waals surface area contributed by atoms with Gasteiger partial charge >= 0.3 is 0 Å². The lowest BCUT2D eigenvalue weighted by Crippen LogP contribution is -2.06. The number of anilines is 1. The average Bonchev–Trinajstić information content (AvgIpc) is 2.36. The molecule has 0 unspecified atom stereocenters. The Hall–Kier alpha value is -2.09. The smallest absolute Gasteiger partial charge is 0.193 e. The van der Waals surface area contributed by atoms with Crippen LogP contribution >= 0.6 is 0 Å². The molecule has 0 saturated heterocycles. The minimum Gasteiger partial charge on any atom is -0.398 e. The van der Waals surface area contributed by atoms with E-state index >= 15 is 0 Å². The van der Waals surface area contributed by atoms with Crippen molar-refractivity contribution in [2.75, 3.05) is 5.73 Å². The minimum absolute atomic E-state index is 0.0345. The third-order valence-corrected chi connectivity index (χ3v) is 3.63. The number of carbonyl (C=O) groups is 1. The van der Waals surface area contributed by atoms with Gasteiger partial charge < -0.3 is 5.73 Å². The summed E-state index contributed by atoms with van der Waals surface area (Å²) < 4.78 is 0. The quantitative estimate of drug-likeness (QED) is 0.654. The maximum Gasteiger partial charge on any atom is 0.193 e. The number of nitrogen functional groups attached to an aromatic ring is 1. The Labute approximate surface area is 114 Å². The normalized spacial score (nSPS) is 10.5. The van der Waals surface area contributed by atoms with Gasteiger partial charge in [0.25, 0.3) is 0 Å². The number of hydrogen-bond donors (Lipinski definition) is 1. The highest BCUT2D eigenvalue weighted by Crippen LogP contribution is 2.21. The van der Waals surface area contributed by atoms with E-state index in [1.807, 2.05) is 39.0 Å². The molecule has 0 saturated carbocycles. The predicted molar refractivity (Wildman–Crippen MR) is 79.7 cm³/mol. The van der Waals surface area contributed by atoms with Gasteiger partial charge in [-0.15, -0.1) is 0 Å². The third kappa shape index (κ3) is 2.53. The Morgan fingerprint density at radius 2 is 1.47 bits per heavy atom. The lowest BCUT2D eigenvalue weighted by molar-refractivity contribution is 0.103. The molecule has 2 aromatic rings. The van der Waals surface area contributed by atoms with Gasteiger partial charge in [-0.3, -0.25) is 4.79 Å². The molecular formula is C17H19NO. The summed E-state index contributed by atoms with van der Waals surface area (Å²) in [6.45, 7) is 7.98. The standard InChI is InChI=1S/C17H19NO/c1-10-5-6-14(9-16(10)18)17(19)15-8-12(3)11(2)7-13(15)4/h5-9H,18H2,1-4H3. The molecule has 2 heteroatoms. The molecule has 0 radical (unpaired) electrons. The Morgan fingerprint density at radius 1 is 0.842 bits per heavy atom. The molecule has 98 valence electrons. The molecule has 0 bridgehead atoms. The zero-order chi connectivity index (χ0) is 14.2. The molecule has 19 heavy (non-hydrogen) atoms. The Balaban J connectivity index is 2.49. The van der Waals surface area contributed by atoms with Crippen molar-refractivity contribution in [2.45, 2.75) is 27.7 Å². The predicted octanol–water partition coefficient (Wildman–Crippen LogP) is 3.73. The highest BCUT2D eigenvalue weighted by Gasteiger charge is 2.13. The molecule has 2 aromatic carbocycles. The lowest BCUT2D eigenvalue weighted by Gasteiger charge is -2.10. The number of aryl methyl sites for hydroxylation is 4. The number of carbonyl (C=O) groups excluding carboxylic acids is 1. The molecule has 0 aliphatic rings. The fourth-order valence-electron chi connectivity index (χ4n) is 2.14. The molecule has 0 spiro atoms. The first kappa shape index (κ1) is 13.3. The van der Waals surface area contributed by atoms with E-state index in [-0.39, 0.29) is 5.78 Å². The van der Waals surface area contributed by atoms with Crippen LogP contribution in [0.5, 0.6) is 0 Å². The summed E-state index contributed by atoms with van der Waals surface area (Å²) in [5.74, 6) is 0.0345. The van der Waals surface area contributed by atoms with Crippen molar-refractivity contribution in [2.24, 2.45) is 0 Å². The summed E-state index contributed by atoms with van der Waals surface area (Å²) in [6.07, 6.45) is 0. The van der Waals surface area contributed by atoms with Crippen molar-refractivity contribution in [1.29, 1.82) is 0 Å². The SMILES string of the molecule is Cc1cc(C)c(C(=O)c2ccc(C)c(N)c2)cc1C. The van der Waals surface area contributed by atoms with Gasteiger partial charge in [0.2, 0.25) is 0 Å². The van der Waals surface area contributed by atoms with Gasteiger partial charge in [0.1, 0.15) is 0 Å². The average molecular weight is 253 g/mol. The van der Waals surface area contributed by atoms with Crippen LogP contribution in [0.1, 0.15) is 38.2 Å². The number of ketones is 1. The highest BCUT2D eigenvalue weighted by molar-refractivity contribution is 6.10. The summed E-state index contributed by atoms with van der Waals surface area (Å²) in [5, 5.41) is 0. The molecule has 0 atom stereocenters. The molecule has 0 fully saturated rings. The maximum absolute atomic E-state index is 12.5. The summed E-state index contributed by atoms with van der Waals surface area (Å²) >= 11 is 0. The van der Waals surface area contributed by atoms with Crippen molar-refractivity contribution in [1.82, 2.24) is 0 Å². The molecule has 2 nitrogen and oxygen atoms in total. The second-order valence-corrected chi connectivity index (χ2v) is 5.15. The fraction of sp³-hybridized carbons (Fsp3) is 0.235. The van der Waals surface area contributed by atoms with Crippen LogP contribution in [-0.2, 0) is 0 Å². The molecule has 2 rings (SSSR count). The van der Waals surface area contributed by atoms with Crippen LogP contribution in [0, 0.1) is 27.7 Å². The molecule has 0 aliphatic heterocycles. The van der Waals surface area contributed by atoms with Crippen LogP contribution in [0.2, 0.25) is 0 Å². The van der Waals surface area contributed by atoms with Gasteiger partial charge in [-0.25, -0.2) is 0 Å². The number of benzene rings is 2. The van der Waals surface area contributed by atoms with E-state index < -0.39 is 0 Å². The summed E-state index contributed by atoms with van der Waals surface area (Å²) in [5.41, 5.74) is 12.3. The van der Waals surface area contributed by atoms with Crippen molar-refractivity contribution in [3.63, 3.8) is 0 Å². The summed E-state index contributed by atoms with van der Waals surface area (Å²) in [6, 6.07) is 9.50. The molecule has 0 heterocycles. The topological polar surface area (TPSA) is 43.1 Å². The van der Waals surface area contributed by atoms with Gasteiger partial charge in [-0.1, -0.05) is 18.2 Å². The summed E-state index contributed by atoms with van der Waals surface area (Å²) in [4.78, 5) is 12.5. The van der Waals surface area contributed by atoms with Crippen LogP contribution in [0.4, 0.5) is 5.69 Å². The van der Waals surface area contributed by atoms with Crippen LogP contribution in [0.15, 0.2) is 30.3 Å². The molecule has 2 N–H and O–H groups in total. The Morgan fingerprint density at radius 3 is 2.11 bits per heavy atom. The van der Waals surface area contributed by atoms with Crippen molar-refractivity contribution in [3.8, 4) is 0 Å². The number of rotatable bonds is 2. The van der Waals surface area contributed by atoms with Gasteiger partial charge in [0.15, 0.2) is 5.78 Å². The summed E-state index contributed by atoms with van der Waals surface area (Å²) in [7, 11) is 0. The largest absolute Gasteiger partial charge is 0.398 e. The zero-order valence-electron chi connectivity index (χ0n) is 11.9. The molecule has 0 aliphatic carbocycles. The first-order valence-electron chi connectivity index (χ1n) is 6.39. The van der Waals surface area contributed by atoms with E-state index in [9.17, 15) is 4.79 Å². The van der Waals surface area contributed by atoms with E-state index in [0.29, 0.717) is 11.3 Å². The number of hydrogen-bond acceptors (Lipinski definition) is 2. The number of nitrogens with two attached hydrogens (primary N) is 1. The third-order valence-electron chi connectivity index (χ3n) is 3.63. The first-order valence-corrected chi connectivity index (χ1v) is 6.39. The van der Waals surface area contributed by atoms with E-state index in [0.717, 1.165) is 22.3 Å². The van der Waals surface area contributed by atoms with Gasteiger partial charge in [-0.2, -0.15) is 0 Å². The van der Waals surface area contributed by atoms with Crippen molar-refractivity contribution >= 4 is 11.5 Å². The van der Waals surface area contributed by atoms with Crippen LogP contribution in [-0.4, -0.2) is 5.78 Å². The van der Waals surface area contributed by atoms with Crippen LogP contribution in [0.3, 0.4) is 0 Å². The van der Waals surface area contributed by atoms with E-state index in [1.54, 1.807) is 6.07 Å². The van der Waals surface area contributed by atoms with Gasteiger partial charge in [0.05, 0.1) is 0 Å². The zero-order valence-corrected chi connectivity index (χ0v) is 11.9. The van der Waals surface area contributed by atoms with Crippen LogP contribution in [0.25, 0.3) is 0 Å². The van der Waals surface area contributed by atoms with Gasteiger partial charge in [-0.05, 0) is 62.1 Å². The van der Waals surface area contributed by atoms with E-state index in [4.69, 9.17) is 5.73 Å². The van der Waals surface area contributed by atoms with Crippen molar-refractivity contribution in [3.05, 3.63) is 63.7 Å². The van der Waals surface area contributed by atoms with Crippen molar-refractivity contribution < 1.29 is 4.79 Å². The second kappa shape index (κ2) is 4.88. The van der Waals surface area contributed by atoms with Gasteiger partial charge in [0, 0.05) is 16.8 Å². The first-order chi connectivity index (χ1) is 8.90. The second-order valence-electron chi connectivity index (χ2n) is 5.15. The fourth-order valence-corrected chi connectivity index (χ4v) is 2.14. The molecule has 0 aromatic heterocycles. The Bertz CT molecular complexity index is 657. The lowest BCUT2D eigenvalue weighted by atomic mass is 9.94. The monoisotopic (exact) mass is 253 g/mol. The maximum atomic E-state index is 12.5. The Kier molecular flexibility index (Phi) is 3.43. The van der Waals surface area contributed by atoms with Crippen LogP contribution < -0.4 is 5.73 Å².